The summed E-state index contributed by atoms with van der Waals surface area (Å²) in [5, 5.41) is 2.72. The molecule has 1 aliphatic heterocycles. The zero-order valence-electron chi connectivity index (χ0n) is 4.68. The zero-order valence-corrected chi connectivity index (χ0v) is 4.68. The van der Waals surface area contributed by atoms with Crippen LogP contribution >= 0.6 is 0 Å². The quantitative estimate of drug-likeness (QED) is 0.452. The standard InChI is InChI=1S/C6H9NO/c8-6-4-2-1-3-5-7-6/h1,3H,2,4-5H2,(H,7,8). The van der Waals surface area contributed by atoms with Crippen molar-refractivity contribution in [2.75, 3.05) is 6.54 Å². The highest BCUT2D eigenvalue weighted by Gasteiger charge is 1.98. The Balaban J connectivity index is 2.39. The van der Waals surface area contributed by atoms with Gasteiger partial charge in [-0.05, 0) is 6.42 Å². The number of allylic oxidation sites excluding steroid dienone is 1. The van der Waals surface area contributed by atoms with Gasteiger partial charge in [-0.15, -0.1) is 0 Å². The smallest absolute Gasteiger partial charge is 0.220 e. The van der Waals surface area contributed by atoms with E-state index in [2.05, 4.69) is 5.32 Å². The van der Waals surface area contributed by atoms with Crippen LogP contribution in [-0.4, -0.2) is 12.5 Å². The Kier molecular flexibility index (Phi) is 1.67. The van der Waals surface area contributed by atoms with Crippen molar-refractivity contribution in [2.24, 2.45) is 0 Å². The molecular formula is C6H9NO. The van der Waals surface area contributed by atoms with E-state index in [4.69, 9.17) is 0 Å². The van der Waals surface area contributed by atoms with Crippen LogP contribution in [0.5, 0.6) is 0 Å². The van der Waals surface area contributed by atoms with Crippen molar-refractivity contribution in [1.82, 2.24) is 5.32 Å². The van der Waals surface area contributed by atoms with Crippen molar-refractivity contribution < 1.29 is 4.79 Å². The van der Waals surface area contributed by atoms with E-state index >= 15 is 0 Å². The van der Waals surface area contributed by atoms with Crippen LogP contribution in [0.2, 0.25) is 0 Å². The molecule has 0 aliphatic carbocycles. The first-order chi connectivity index (χ1) is 3.89. The average molecular weight is 111 g/mol. The van der Waals surface area contributed by atoms with Gasteiger partial charge < -0.3 is 5.32 Å². The molecular weight excluding hydrogens is 102 g/mol. The van der Waals surface area contributed by atoms with Gasteiger partial charge in [-0.1, -0.05) is 12.2 Å². The third-order valence-electron chi connectivity index (χ3n) is 1.12. The van der Waals surface area contributed by atoms with E-state index in [1.807, 2.05) is 12.2 Å². The molecule has 0 radical (unpaired) electrons. The second-order valence-electron chi connectivity index (χ2n) is 1.81. The number of carbonyl (C=O) groups is 1. The summed E-state index contributed by atoms with van der Waals surface area (Å²) in [4.78, 5) is 10.5. The molecule has 0 aromatic carbocycles. The lowest BCUT2D eigenvalue weighted by Crippen LogP contribution is -2.20. The van der Waals surface area contributed by atoms with Crippen molar-refractivity contribution in [3.63, 3.8) is 0 Å². The first-order valence-corrected chi connectivity index (χ1v) is 2.81. The predicted octanol–water partition coefficient (Wildman–Crippen LogP) is 0.453. The third kappa shape index (κ3) is 1.37. The molecule has 0 fully saturated rings. The van der Waals surface area contributed by atoms with Gasteiger partial charge in [0.2, 0.25) is 5.91 Å². The van der Waals surface area contributed by atoms with Gasteiger partial charge in [0.05, 0.1) is 0 Å². The Morgan fingerprint density at radius 2 is 2.38 bits per heavy atom. The first kappa shape index (κ1) is 5.35. The minimum atomic E-state index is 0.162. The fourth-order valence-corrected chi connectivity index (χ4v) is 0.677. The Morgan fingerprint density at radius 1 is 1.50 bits per heavy atom. The number of hydrogen-bond donors (Lipinski definition) is 1. The summed E-state index contributed by atoms with van der Waals surface area (Å²) in [6.45, 7) is 0.707. The van der Waals surface area contributed by atoms with E-state index in [-0.39, 0.29) is 5.91 Å². The predicted molar refractivity (Wildman–Crippen MR) is 31.4 cm³/mol. The molecule has 0 saturated carbocycles. The van der Waals surface area contributed by atoms with Gasteiger partial charge in [0.1, 0.15) is 0 Å². The van der Waals surface area contributed by atoms with Crippen LogP contribution in [0.3, 0.4) is 0 Å². The van der Waals surface area contributed by atoms with Crippen LogP contribution in [0, 0.1) is 0 Å². The van der Waals surface area contributed by atoms with Crippen molar-refractivity contribution >= 4 is 5.91 Å². The molecule has 0 aromatic rings. The SMILES string of the molecule is O=C1CCC=CCN1. The van der Waals surface area contributed by atoms with Gasteiger partial charge in [-0.25, -0.2) is 0 Å². The molecule has 0 saturated heterocycles. The number of rotatable bonds is 0. The highest BCUT2D eigenvalue weighted by atomic mass is 16.1. The lowest BCUT2D eigenvalue weighted by Gasteiger charge is -1.93. The van der Waals surface area contributed by atoms with Gasteiger partial charge in [0.15, 0.2) is 0 Å². The summed E-state index contributed by atoms with van der Waals surface area (Å²) < 4.78 is 0. The van der Waals surface area contributed by atoms with Crippen LogP contribution in [0.1, 0.15) is 12.8 Å². The van der Waals surface area contributed by atoms with Crippen LogP contribution in [0.15, 0.2) is 12.2 Å². The monoisotopic (exact) mass is 111 g/mol. The number of nitrogens with one attached hydrogen (secondary N) is 1. The Bertz CT molecular complexity index is 106. The summed E-state index contributed by atoms with van der Waals surface area (Å²) in [5.41, 5.74) is 0. The molecule has 0 atom stereocenters. The van der Waals surface area contributed by atoms with Gasteiger partial charge in [0, 0.05) is 13.0 Å². The summed E-state index contributed by atoms with van der Waals surface area (Å²) in [6, 6.07) is 0. The van der Waals surface area contributed by atoms with Crippen LogP contribution < -0.4 is 5.32 Å². The Morgan fingerprint density at radius 3 is 3.25 bits per heavy atom. The second-order valence-corrected chi connectivity index (χ2v) is 1.81. The molecule has 1 heterocycles. The molecule has 1 amide bonds. The number of carbonyl (C=O) groups excluding carboxylic acids is 1. The highest BCUT2D eigenvalue weighted by Crippen LogP contribution is 1.93. The molecule has 1 aliphatic rings. The Labute approximate surface area is 48.6 Å². The number of hydrogen-bond acceptors (Lipinski definition) is 1. The van der Waals surface area contributed by atoms with Crippen LogP contribution in [-0.2, 0) is 4.79 Å². The van der Waals surface area contributed by atoms with Crippen LogP contribution in [0.4, 0.5) is 0 Å². The molecule has 2 nitrogen and oxygen atoms in total. The maximum atomic E-state index is 10.5. The van der Waals surface area contributed by atoms with Crippen LogP contribution in [0.25, 0.3) is 0 Å². The third-order valence-corrected chi connectivity index (χ3v) is 1.12. The van der Waals surface area contributed by atoms with Crippen molar-refractivity contribution in [2.45, 2.75) is 12.8 Å². The average Bonchev–Trinajstić information content (AvgIpc) is 1.94. The molecule has 0 bridgehead atoms. The fraction of sp³-hybridized carbons (Fsp3) is 0.500. The maximum Gasteiger partial charge on any atom is 0.220 e. The molecule has 44 valence electrons. The normalized spacial score (nSPS) is 19.8. The van der Waals surface area contributed by atoms with Crippen molar-refractivity contribution in [3.05, 3.63) is 12.2 Å². The van der Waals surface area contributed by atoms with E-state index in [1.165, 1.54) is 0 Å². The minimum Gasteiger partial charge on any atom is -0.353 e. The van der Waals surface area contributed by atoms with Gasteiger partial charge >= 0.3 is 0 Å². The fourth-order valence-electron chi connectivity index (χ4n) is 0.677. The summed E-state index contributed by atoms with van der Waals surface area (Å²) >= 11 is 0. The minimum absolute atomic E-state index is 0.162. The molecule has 0 spiro atoms. The van der Waals surface area contributed by atoms with Gasteiger partial charge in [0.25, 0.3) is 0 Å². The largest absolute Gasteiger partial charge is 0.353 e. The van der Waals surface area contributed by atoms with E-state index in [1.54, 1.807) is 0 Å². The lowest BCUT2D eigenvalue weighted by molar-refractivity contribution is -0.120. The summed E-state index contributed by atoms with van der Waals surface area (Å²) in [6.07, 6.45) is 5.55. The molecule has 0 aromatic heterocycles. The highest BCUT2D eigenvalue weighted by molar-refractivity contribution is 5.76. The van der Waals surface area contributed by atoms with E-state index in [0.717, 1.165) is 6.42 Å². The van der Waals surface area contributed by atoms with Crippen molar-refractivity contribution in [1.29, 1.82) is 0 Å². The van der Waals surface area contributed by atoms with Gasteiger partial charge in [-0.2, -0.15) is 0 Å². The Hall–Kier alpha value is -0.790. The second kappa shape index (κ2) is 2.50. The van der Waals surface area contributed by atoms with E-state index < -0.39 is 0 Å². The summed E-state index contributed by atoms with van der Waals surface area (Å²) in [5.74, 6) is 0.162. The summed E-state index contributed by atoms with van der Waals surface area (Å²) in [7, 11) is 0. The lowest BCUT2D eigenvalue weighted by atomic mass is 10.3. The zero-order chi connectivity index (χ0) is 5.82. The van der Waals surface area contributed by atoms with Gasteiger partial charge in [-0.3, -0.25) is 4.79 Å². The molecule has 0 unspecified atom stereocenters. The molecule has 1 N–H and O–H groups in total. The maximum absolute atomic E-state index is 10.5. The topological polar surface area (TPSA) is 29.1 Å². The van der Waals surface area contributed by atoms with Crippen molar-refractivity contribution in [3.8, 4) is 0 Å². The first-order valence-electron chi connectivity index (χ1n) is 2.81. The molecule has 1 rings (SSSR count). The molecule has 2 heteroatoms. The van der Waals surface area contributed by atoms with E-state index in [0.29, 0.717) is 13.0 Å². The molecule has 8 heavy (non-hydrogen) atoms. The van der Waals surface area contributed by atoms with E-state index in [9.17, 15) is 4.79 Å². The number of amides is 1.